The van der Waals surface area contributed by atoms with Crippen molar-refractivity contribution in [1.82, 2.24) is 10.6 Å². The van der Waals surface area contributed by atoms with Crippen LogP contribution in [-0.2, 0) is 4.79 Å². The van der Waals surface area contributed by atoms with Crippen molar-refractivity contribution in [2.75, 3.05) is 0 Å². The molecule has 0 spiro atoms. The van der Waals surface area contributed by atoms with E-state index in [1.807, 2.05) is 0 Å². The fourth-order valence-electron chi connectivity index (χ4n) is 3.45. The Morgan fingerprint density at radius 2 is 2.17 bits per heavy atom. The monoisotopic (exact) mass is 252 g/mol. The van der Waals surface area contributed by atoms with Gasteiger partial charge in [0.15, 0.2) is 0 Å². The summed E-state index contributed by atoms with van der Waals surface area (Å²) in [5, 5.41) is 6.71. The second-order valence-corrected chi connectivity index (χ2v) is 6.16. The number of hydrogen-bond acceptors (Lipinski definition) is 2. The molecule has 4 unspecified atom stereocenters. The molecule has 1 aliphatic heterocycles. The number of rotatable bonds is 5. The van der Waals surface area contributed by atoms with Crippen molar-refractivity contribution in [2.24, 2.45) is 5.92 Å². The smallest absolute Gasteiger partial charge is 0.237 e. The molecule has 2 rings (SSSR count). The Bertz CT molecular complexity index is 266. The Balaban J connectivity index is 1.76. The summed E-state index contributed by atoms with van der Waals surface area (Å²) in [5.74, 6) is 0.980. The minimum absolute atomic E-state index is 0.0715. The fraction of sp³-hybridized carbons (Fsp3) is 0.933. The first kappa shape index (κ1) is 13.9. The lowest BCUT2D eigenvalue weighted by molar-refractivity contribution is -0.123. The first-order valence-corrected chi connectivity index (χ1v) is 7.77. The number of unbranched alkanes of at least 4 members (excludes halogenated alkanes) is 1. The van der Waals surface area contributed by atoms with Crippen LogP contribution >= 0.6 is 0 Å². The number of fused-ring (bicyclic) bond motifs is 1. The van der Waals surface area contributed by atoms with E-state index in [0.29, 0.717) is 12.1 Å². The molecular weight excluding hydrogens is 224 g/mol. The van der Waals surface area contributed by atoms with Crippen LogP contribution in [0.25, 0.3) is 0 Å². The van der Waals surface area contributed by atoms with Gasteiger partial charge in [0.1, 0.15) is 0 Å². The predicted octanol–water partition coefficient (Wildman–Crippen LogP) is 2.60. The summed E-state index contributed by atoms with van der Waals surface area (Å²) >= 11 is 0. The van der Waals surface area contributed by atoms with Crippen molar-refractivity contribution in [1.29, 1.82) is 0 Å². The molecule has 0 aromatic rings. The number of nitrogens with one attached hydrogen (secondary N) is 2. The highest BCUT2D eigenvalue weighted by Gasteiger charge is 2.38. The van der Waals surface area contributed by atoms with Crippen LogP contribution in [-0.4, -0.2) is 24.0 Å². The lowest BCUT2D eigenvalue weighted by Crippen LogP contribution is -2.46. The van der Waals surface area contributed by atoms with Gasteiger partial charge in [-0.15, -0.1) is 0 Å². The van der Waals surface area contributed by atoms with Gasteiger partial charge in [0.2, 0.25) is 5.91 Å². The van der Waals surface area contributed by atoms with Crippen molar-refractivity contribution < 1.29 is 4.79 Å². The molecule has 0 aromatic carbocycles. The van der Waals surface area contributed by atoms with Crippen molar-refractivity contribution in [3.63, 3.8) is 0 Å². The highest BCUT2D eigenvalue weighted by Crippen LogP contribution is 2.33. The Labute approximate surface area is 111 Å². The normalized spacial score (nSPS) is 32.9. The van der Waals surface area contributed by atoms with Crippen molar-refractivity contribution in [3.05, 3.63) is 0 Å². The van der Waals surface area contributed by atoms with Crippen LogP contribution in [0.15, 0.2) is 0 Å². The molecule has 0 bridgehead atoms. The van der Waals surface area contributed by atoms with Crippen molar-refractivity contribution in [2.45, 2.75) is 83.3 Å². The maximum absolute atomic E-state index is 12.2. The summed E-state index contributed by atoms with van der Waals surface area (Å²) in [6, 6.07) is 1.00. The van der Waals surface area contributed by atoms with Gasteiger partial charge >= 0.3 is 0 Å². The highest BCUT2D eigenvalue weighted by atomic mass is 16.2. The summed E-state index contributed by atoms with van der Waals surface area (Å²) in [7, 11) is 0. The minimum atomic E-state index is 0.0715. The molecule has 2 fully saturated rings. The lowest BCUT2D eigenvalue weighted by atomic mass is 9.85. The summed E-state index contributed by atoms with van der Waals surface area (Å²) in [6.07, 6.45) is 9.81. The summed E-state index contributed by atoms with van der Waals surface area (Å²) in [6.45, 7) is 4.31. The molecule has 1 aliphatic carbocycles. The van der Waals surface area contributed by atoms with Crippen LogP contribution in [0.1, 0.15) is 65.2 Å². The summed E-state index contributed by atoms with van der Waals surface area (Å²) in [4.78, 5) is 12.2. The quantitative estimate of drug-likeness (QED) is 0.789. The molecule has 1 saturated carbocycles. The predicted molar refractivity (Wildman–Crippen MR) is 74.4 cm³/mol. The third-order valence-electron chi connectivity index (χ3n) is 4.56. The molecule has 3 heteroatoms. The maximum atomic E-state index is 12.2. The topological polar surface area (TPSA) is 41.1 Å². The van der Waals surface area contributed by atoms with Gasteiger partial charge in [-0.05, 0) is 38.5 Å². The van der Waals surface area contributed by atoms with Crippen LogP contribution < -0.4 is 10.6 Å². The first-order valence-electron chi connectivity index (χ1n) is 7.77. The van der Waals surface area contributed by atoms with E-state index >= 15 is 0 Å². The first-order chi connectivity index (χ1) is 8.70. The van der Waals surface area contributed by atoms with Gasteiger partial charge in [0, 0.05) is 12.1 Å². The average molecular weight is 252 g/mol. The number of hydrogen-bond donors (Lipinski definition) is 2. The molecule has 1 amide bonds. The number of carbonyl (C=O) groups excluding carboxylic acids is 1. The fourth-order valence-corrected chi connectivity index (χ4v) is 3.45. The van der Waals surface area contributed by atoms with Gasteiger partial charge in [-0.3, -0.25) is 4.79 Å². The molecule has 2 aliphatic rings. The minimum Gasteiger partial charge on any atom is -0.352 e. The zero-order chi connectivity index (χ0) is 13.0. The lowest BCUT2D eigenvalue weighted by Gasteiger charge is -2.24. The van der Waals surface area contributed by atoms with Crippen LogP contribution in [0.4, 0.5) is 0 Å². The molecule has 2 N–H and O–H groups in total. The van der Waals surface area contributed by atoms with Gasteiger partial charge in [-0.2, -0.15) is 0 Å². The Hall–Kier alpha value is -0.570. The van der Waals surface area contributed by atoms with Gasteiger partial charge in [0.05, 0.1) is 6.04 Å². The number of amides is 1. The molecule has 4 atom stereocenters. The van der Waals surface area contributed by atoms with Crippen LogP contribution in [0.2, 0.25) is 0 Å². The summed E-state index contributed by atoms with van der Waals surface area (Å²) < 4.78 is 0. The van der Waals surface area contributed by atoms with E-state index < -0.39 is 0 Å². The maximum Gasteiger partial charge on any atom is 0.237 e. The largest absolute Gasteiger partial charge is 0.352 e. The van der Waals surface area contributed by atoms with E-state index in [1.54, 1.807) is 0 Å². The average Bonchev–Trinajstić information content (AvgIpc) is 2.80. The van der Waals surface area contributed by atoms with E-state index in [0.717, 1.165) is 18.8 Å². The van der Waals surface area contributed by atoms with Gasteiger partial charge in [-0.1, -0.05) is 32.6 Å². The molecule has 104 valence electrons. The SMILES string of the molecule is CCCCC(C)NC(=O)C1CC2CCCCC2N1. The third-order valence-corrected chi connectivity index (χ3v) is 4.56. The molecule has 0 radical (unpaired) electrons. The van der Waals surface area contributed by atoms with Crippen LogP contribution in [0.5, 0.6) is 0 Å². The Kier molecular flexibility index (Phi) is 5.04. The van der Waals surface area contributed by atoms with Crippen molar-refractivity contribution in [3.8, 4) is 0 Å². The Morgan fingerprint density at radius 3 is 2.89 bits per heavy atom. The Morgan fingerprint density at radius 1 is 1.39 bits per heavy atom. The van der Waals surface area contributed by atoms with E-state index in [-0.39, 0.29) is 11.9 Å². The molecular formula is C15H28N2O. The number of carbonyl (C=O) groups is 1. The van der Waals surface area contributed by atoms with E-state index in [4.69, 9.17) is 0 Å². The van der Waals surface area contributed by atoms with Crippen molar-refractivity contribution >= 4 is 5.91 Å². The van der Waals surface area contributed by atoms with E-state index in [9.17, 15) is 4.79 Å². The second-order valence-electron chi connectivity index (χ2n) is 6.16. The summed E-state index contributed by atoms with van der Waals surface area (Å²) in [5.41, 5.74) is 0. The molecule has 1 saturated heterocycles. The molecule has 1 heterocycles. The zero-order valence-corrected chi connectivity index (χ0v) is 11.9. The van der Waals surface area contributed by atoms with Crippen LogP contribution in [0, 0.1) is 5.92 Å². The van der Waals surface area contributed by atoms with Gasteiger partial charge in [-0.25, -0.2) is 0 Å². The highest BCUT2D eigenvalue weighted by molar-refractivity contribution is 5.82. The third kappa shape index (κ3) is 3.47. The van der Waals surface area contributed by atoms with Crippen LogP contribution in [0.3, 0.4) is 0 Å². The van der Waals surface area contributed by atoms with Gasteiger partial charge in [0.25, 0.3) is 0 Å². The van der Waals surface area contributed by atoms with E-state index in [1.165, 1.54) is 38.5 Å². The zero-order valence-electron chi connectivity index (χ0n) is 11.9. The second kappa shape index (κ2) is 6.55. The van der Waals surface area contributed by atoms with Gasteiger partial charge < -0.3 is 10.6 Å². The molecule has 18 heavy (non-hydrogen) atoms. The molecule has 0 aromatic heterocycles. The standard InChI is InChI=1S/C15H28N2O/c1-3-4-7-11(2)16-15(18)14-10-12-8-5-6-9-13(12)17-14/h11-14,17H,3-10H2,1-2H3,(H,16,18). The molecule has 3 nitrogen and oxygen atoms in total. The van der Waals surface area contributed by atoms with E-state index in [2.05, 4.69) is 24.5 Å².